The molecule has 0 bridgehead atoms. The minimum atomic E-state index is -0.195. The van der Waals surface area contributed by atoms with Crippen molar-refractivity contribution in [3.63, 3.8) is 0 Å². The van der Waals surface area contributed by atoms with Crippen molar-refractivity contribution in [1.82, 2.24) is 20.1 Å². The number of hydrogen-bond donors (Lipinski definition) is 2. The fourth-order valence-electron chi connectivity index (χ4n) is 3.30. The van der Waals surface area contributed by atoms with Gasteiger partial charge >= 0.3 is 0 Å². The predicted octanol–water partition coefficient (Wildman–Crippen LogP) is 3.90. The molecule has 2 amide bonds. The Morgan fingerprint density at radius 2 is 1.84 bits per heavy atom. The lowest BCUT2D eigenvalue weighted by Gasteiger charge is -2.11. The molecule has 1 aromatic heterocycles. The number of benzene rings is 2. The maximum atomic E-state index is 12.6. The van der Waals surface area contributed by atoms with E-state index < -0.39 is 0 Å². The summed E-state index contributed by atoms with van der Waals surface area (Å²) in [5.41, 5.74) is 3.15. The van der Waals surface area contributed by atoms with Gasteiger partial charge in [0.2, 0.25) is 5.91 Å². The summed E-state index contributed by atoms with van der Waals surface area (Å²) in [5, 5.41) is 15.2. The molecule has 160 valence electrons. The highest BCUT2D eigenvalue weighted by molar-refractivity contribution is 7.99. The highest BCUT2D eigenvalue weighted by atomic mass is 32.2. The van der Waals surface area contributed by atoms with Gasteiger partial charge in [0.25, 0.3) is 5.91 Å². The van der Waals surface area contributed by atoms with Crippen molar-refractivity contribution in [3.8, 4) is 11.4 Å². The molecule has 4 rings (SSSR count). The first-order valence-corrected chi connectivity index (χ1v) is 11.4. The molecular weight excluding hydrogens is 410 g/mol. The van der Waals surface area contributed by atoms with Gasteiger partial charge in [-0.3, -0.25) is 9.59 Å². The number of para-hydroxylation sites is 1. The van der Waals surface area contributed by atoms with Gasteiger partial charge in [-0.2, -0.15) is 0 Å². The summed E-state index contributed by atoms with van der Waals surface area (Å²) in [6.07, 6.45) is 2.03. The fraction of sp³-hybridized carbons (Fsp3) is 0.304. The number of carbonyl (C=O) groups excluding carboxylic acids is 2. The lowest BCUT2D eigenvalue weighted by atomic mass is 10.1. The van der Waals surface area contributed by atoms with E-state index in [1.54, 1.807) is 24.3 Å². The quantitative estimate of drug-likeness (QED) is 0.524. The number of rotatable bonds is 8. The molecule has 0 unspecified atom stereocenters. The highest BCUT2D eigenvalue weighted by Gasteiger charge is 2.25. The van der Waals surface area contributed by atoms with E-state index in [1.807, 2.05) is 42.7 Å². The van der Waals surface area contributed by atoms with E-state index in [-0.39, 0.29) is 23.6 Å². The van der Waals surface area contributed by atoms with Crippen molar-refractivity contribution in [2.24, 2.45) is 0 Å². The second-order valence-electron chi connectivity index (χ2n) is 7.50. The van der Waals surface area contributed by atoms with Gasteiger partial charge < -0.3 is 15.2 Å². The number of amides is 2. The number of hydrogen-bond acceptors (Lipinski definition) is 5. The van der Waals surface area contributed by atoms with Gasteiger partial charge in [0.05, 0.1) is 17.0 Å². The molecular formula is C23H25N5O2S. The molecule has 0 atom stereocenters. The Bertz CT molecular complexity index is 1110. The van der Waals surface area contributed by atoms with Crippen LogP contribution in [-0.4, -0.2) is 38.4 Å². The van der Waals surface area contributed by atoms with Gasteiger partial charge in [0.15, 0.2) is 11.0 Å². The first-order chi connectivity index (χ1) is 15.1. The van der Waals surface area contributed by atoms with Crippen LogP contribution in [0.2, 0.25) is 0 Å². The number of anilines is 1. The monoisotopic (exact) mass is 435 g/mol. The second-order valence-corrected chi connectivity index (χ2v) is 8.44. The summed E-state index contributed by atoms with van der Waals surface area (Å²) in [6.45, 7) is 4.77. The zero-order chi connectivity index (χ0) is 21.8. The topological polar surface area (TPSA) is 88.9 Å². The number of nitrogens with zero attached hydrogens (tertiary/aromatic N) is 3. The molecule has 1 saturated carbocycles. The fourth-order valence-corrected chi connectivity index (χ4v) is 4.10. The molecule has 0 saturated heterocycles. The Morgan fingerprint density at radius 1 is 1.10 bits per heavy atom. The molecule has 1 fully saturated rings. The molecule has 1 aliphatic carbocycles. The summed E-state index contributed by atoms with van der Waals surface area (Å²) >= 11 is 1.33. The third-order valence-electron chi connectivity index (χ3n) is 5.11. The lowest BCUT2D eigenvalue weighted by Crippen LogP contribution is -2.27. The molecule has 0 radical (unpaired) electrons. The molecule has 8 heteroatoms. The maximum Gasteiger partial charge on any atom is 0.253 e. The number of nitrogens with one attached hydrogen (secondary N) is 2. The van der Waals surface area contributed by atoms with Gasteiger partial charge in [0, 0.05) is 18.2 Å². The van der Waals surface area contributed by atoms with E-state index in [4.69, 9.17) is 0 Å². The second kappa shape index (κ2) is 9.34. The van der Waals surface area contributed by atoms with Crippen molar-refractivity contribution < 1.29 is 9.59 Å². The Morgan fingerprint density at radius 3 is 2.58 bits per heavy atom. The SMILES string of the molecule is CCn1c(SCC(=O)Nc2ccccc2C(=O)NC2CC2)nnc1-c1ccccc1C. The van der Waals surface area contributed by atoms with Crippen molar-refractivity contribution in [2.45, 2.75) is 44.4 Å². The Labute approximate surface area is 185 Å². The number of aryl methyl sites for hydroxylation is 1. The highest BCUT2D eigenvalue weighted by Crippen LogP contribution is 2.26. The standard InChI is InChI=1S/C23H25N5O2S/c1-3-28-21(17-9-5-4-8-15(17)2)26-27-23(28)31-14-20(29)25-19-11-7-6-10-18(19)22(30)24-16-12-13-16/h4-11,16H,3,12-14H2,1-2H3,(H,24,30)(H,25,29). The van der Waals surface area contributed by atoms with Crippen LogP contribution in [0.15, 0.2) is 53.7 Å². The molecule has 2 aromatic carbocycles. The van der Waals surface area contributed by atoms with Crippen LogP contribution in [0.1, 0.15) is 35.7 Å². The third-order valence-corrected chi connectivity index (χ3v) is 6.08. The summed E-state index contributed by atoms with van der Waals surface area (Å²) < 4.78 is 2.01. The van der Waals surface area contributed by atoms with Gasteiger partial charge in [-0.05, 0) is 44.4 Å². The third kappa shape index (κ3) is 4.96. The lowest BCUT2D eigenvalue weighted by molar-refractivity contribution is -0.113. The van der Waals surface area contributed by atoms with Gasteiger partial charge in [-0.15, -0.1) is 10.2 Å². The summed E-state index contributed by atoms with van der Waals surface area (Å²) in [6, 6.07) is 15.4. The number of thioether (sulfide) groups is 1. The van der Waals surface area contributed by atoms with E-state index in [0.717, 1.165) is 29.8 Å². The van der Waals surface area contributed by atoms with Crippen molar-refractivity contribution in [1.29, 1.82) is 0 Å². The normalized spacial score (nSPS) is 13.1. The van der Waals surface area contributed by atoms with Crippen molar-refractivity contribution in [2.75, 3.05) is 11.1 Å². The summed E-state index contributed by atoms with van der Waals surface area (Å²) in [5.74, 6) is 0.620. The van der Waals surface area contributed by atoms with E-state index in [0.29, 0.717) is 23.0 Å². The Hall–Kier alpha value is -3.13. The van der Waals surface area contributed by atoms with Gasteiger partial charge in [-0.25, -0.2) is 0 Å². The first-order valence-electron chi connectivity index (χ1n) is 10.4. The zero-order valence-corrected chi connectivity index (χ0v) is 18.4. The van der Waals surface area contributed by atoms with Crippen LogP contribution in [0, 0.1) is 6.92 Å². The summed E-state index contributed by atoms with van der Waals surface area (Å²) in [7, 11) is 0. The van der Waals surface area contributed by atoms with Crippen molar-refractivity contribution >= 4 is 29.3 Å². The molecule has 3 aromatic rings. The van der Waals surface area contributed by atoms with E-state index >= 15 is 0 Å². The molecule has 0 spiro atoms. The van der Waals surface area contributed by atoms with Crippen molar-refractivity contribution in [3.05, 3.63) is 59.7 Å². The largest absolute Gasteiger partial charge is 0.349 e. The van der Waals surface area contributed by atoms with Crippen LogP contribution in [-0.2, 0) is 11.3 Å². The average Bonchev–Trinajstić information content (AvgIpc) is 3.49. The van der Waals surface area contributed by atoms with E-state index in [9.17, 15) is 9.59 Å². The van der Waals surface area contributed by atoms with Crippen LogP contribution >= 0.6 is 11.8 Å². The van der Waals surface area contributed by atoms with Crippen LogP contribution in [0.5, 0.6) is 0 Å². The van der Waals surface area contributed by atoms with Gasteiger partial charge in [0.1, 0.15) is 0 Å². The molecule has 7 nitrogen and oxygen atoms in total. The summed E-state index contributed by atoms with van der Waals surface area (Å²) in [4.78, 5) is 25.0. The molecule has 31 heavy (non-hydrogen) atoms. The molecule has 1 heterocycles. The van der Waals surface area contributed by atoms with Crippen LogP contribution in [0.25, 0.3) is 11.4 Å². The number of carbonyl (C=O) groups is 2. The maximum absolute atomic E-state index is 12.6. The zero-order valence-electron chi connectivity index (χ0n) is 17.6. The minimum Gasteiger partial charge on any atom is -0.349 e. The molecule has 1 aliphatic rings. The van der Waals surface area contributed by atoms with E-state index in [2.05, 4.69) is 20.8 Å². The molecule has 0 aliphatic heterocycles. The molecule has 2 N–H and O–H groups in total. The van der Waals surface area contributed by atoms with E-state index in [1.165, 1.54) is 11.8 Å². The predicted molar refractivity (Wildman–Crippen MR) is 122 cm³/mol. The first kappa shape index (κ1) is 21.1. The van der Waals surface area contributed by atoms with Gasteiger partial charge in [-0.1, -0.05) is 48.2 Å². The van der Waals surface area contributed by atoms with Crippen LogP contribution < -0.4 is 10.6 Å². The van der Waals surface area contributed by atoms with Crippen LogP contribution in [0.4, 0.5) is 5.69 Å². The minimum absolute atomic E-state index is 0.153. The Balaban J connectivity index is 1.43. The average molecular weight is 436 g/mol. The smallest absolute Gasteiger partial charge is 0.253 e. The Kier molecular flexibility index (Phi) is 6.36. The van der Waals surface area contributed by atoms with Crippen LogP contribution in [0.3, 0.4) is 0 Å². The number of aromatic nitrogens is 3.